The molecule has 0 bridgehead atoms. The Morgan fingerprint density at radius 1 is 1.41 bits per heavy atom. The largest absolute Gasteiger partial charge is 0.313 e. The van der Waals surface area contributed by atoms with Gasteiger partial charge in [-0.1, -0.05) is 27.7 Å². The Hall–Kier alpha value is -0.520. The molecule has 0 saturated carbocycles. The van der Waals surface area contributed by atoms with E-state index in [-0.39, 0.29) is 2.85 Å². The molecule has 2 heteroatoms. The summed E-state index contributed by atoms with van der Waals surface area (Å²) in [7, 11) is 2.15. The summed E-state index contributed by atoms with van der Waals surface area (Å²) in [4.78, 5) is 2.33. The lowest BCUT2D eigenvalue weighted by Gasteiger charge is -2.19. The minimum Gasteiger partial charge on any atom is -0.313 e. The van der Waals surface area contributed by atoms with Crippen LogP contribution in [0.25, 0.3) is 0 Å². The Balaban J connectivity index is -0.000000609. The molecule has 1 aliphatic rings. The predicted octanol–water partition coefficient (Wildman–Crippen LogP) is 3.24. The maximum absolute atomic E-state index is 5.24. The first-order valence-corrected chi connectivity index (χ1v) is 6.89. The molecular formula is C15H34N2. The molecule has 1 aliphatic heterocycles. The molecule has 1 N–H and O–H groups in total. The molecule has 0 spiro atoms. The predicted molar refractivity (Wildman–Crippen MR) is 81.3 cm³/mol. The summed E-state index contributed by atoms with van der Waals surface area (Å²) in [6.07, 6.45) is 8.64. The summed E-state index contributed by atoms with van der Waals surface area (Å²) in [6, 6.07) is 0.702. The first-order chi connectivity index (χ1) is 8.03. The van der Waals surface area contributed by atoms with Crippen LogP contribution in [0.2, 0.25) is 0 Å². The summed E-state index contributed by atoms with van der Waals surface area (Å²) in [6.45, 7) is 12.0. The van der Waals surface area contributed by atoms with Crippen LogP contribution in [0.3, 0.4) is 0 Å². The maximum atomic E-state index is 5.24. The van der Waals surface area contributed by atoms with Gasteiger partial charge in [0.1, 0.15) is 0 Å². The summed E-state index contributed by atoms with van der Waals surface area (Å²) in [5, 5.41) is 3.59. The maximum Gasteiger partial charge on any atom is 0.0214 e. The van der Waals surface area contributed by atoms with Crippen molar-refractivity contribution < 1.29 is 2.85 Å². The standard InChI is InChI=1S/C13H24N2.C2H6.2H2/c1-5-6-8-15(4)9-7-12-10-13(2,3)11-14-12;1-2;;/h1,12,14H,6-11H2,2-4H3;1-2H3;2*1H. The highest BCUT2D eigenvalue weighted by molar-refractivity contribution is 4.88. The van der Waals surface area contributed by atoms with E-state index in [1.807, 2.05) is 13.8 Å². The molecule has 1 unspecified atom stereocenters. The number of terminal acetylenes is 1. The van der Waals surface area contributed by atoms with E-state index >= 15 is 0 Å². The highest BCUT2D eigenvalue weighted by Crippen LogP contribution is 2.28. The van der Waals surface area contributed by atoms with Gasteiger partial charge in [0.2, 0.25) is 0 Å². The van der Waals surface area contributed by atoms with Gasteiger partial charge in [0, 0.05) is 28.4 Å². The van der Waals surface area contributed by atoms with E-state index in [9.17, 15) is 0 Å². The third-order valence-corrected chi connectivity index (χ3v) is 3.17. The van der Waals surface area contributed by atoms with Gasteiger partial charge >= 0.3 is 0 Å². The lowest BCUT2D eigenvalue weighted by Crippen LogP contribution is -2.28. The minimum atomic E-state index is 0. The van der Waals surface area contributed by atoms with Crippen molar-refractivity contribution in [1.29, 1.82) is 0 Å². The van der Waals surface area contributed by atoms with Crippen LogP contribution in [0.1, 0.15) is 49.8 Å². The quantitative estimate of drug-likeness (QED) is 0.745. The van der Waals surface area contributed by atoms with E-state index < -0.39 is 0 Å². The molecule has 1 heterocycles. The Morgan fingerprint density at radius 3 is 2.53 bits per heavy atom. The van der Waals surface area contributed by atoms with Crippen molar-refractivity contribution in [3.63, 3.8) is 0 Å². The molecule has 17 heavy (non-hydrogen) atoms. The van der Waals surface area contributed by atoms with Crippen molar-refractivity contribution >= 4 is 0 Å². The lowest BCUT2D eigenvalue weighted by molar-refractivity contribution is 0.313. The average Bonchev–Trinajstić information content (AvgIpc) is 2.66. The summed E-state index contributed by atoms with van der Waals surface area (Å²) in [5.41, 5.74) is 0.488. The molecular weight excluding hydrogens is 208 g/mol. The zero-order chi connectivity index (χ0) is 13.3. The Labute approximate surface area is 111 Å². The van der Waals surface area contributed by atoms with Crippen LogP contribution < -0.4 is 5.32 Å². The van der Waals surface area contributed by atoms with Crippen LogP contribution in [0.5, 0.6) is 0 Å². The SMILES string of the molecule is C#CCCN(C)CCC1CC(C)(C)CN1.CC.[HH].[HH]. The third-order valence-electron chi connectivity index (χ3n) is 3.17. The van der Waals surface area contributed by atoms with Crippen molar-refractivity contribution in [3.8, 4) is 12.3 Å². The van der Waals surface area contributed by atoms with Crippen LogP contribution in [0, 0.1) is 17.8 Å². The van der Waals surface area contributed by atoms with Gasteiger partial charge in [-0.2, -0.15) is 0 Å². The zero-order valence-electron chi connectivity index (χ0n) is 12.3. The topological polar surface area (TPSA) is 15.3 Å². The molecule has 1 atom stereocenters. The summed E-state index contributed by atoms with van der Waals surface area (Å²) < 4.78 is 0. The van der Waals surface area contributed by atoms with Gasteiger partial charge in [-0.15, -0.1) is 12.3 Å². The van der Waals surface area contributed by atoms with Gasteiger partial charge in [0.25, 0.3) is 0 Å². The third kappa shape index (κ3) is 7.41. The smallest absolute Gasteiger partial charge is 0.0214 e. The summed E-state index contributed by atoms with van der Waals surface area (Å²) >= 11 is 0. The van der Waals surface area contributed by atoms with Crippen molar-refractivity contribution in [2.75, 3.05) is 26.7 Å². The first-order valence-electron chi connectivity index (χ1n) is 6.89. The minimum absolute atomic E-state index is 0. The van der Waals surface area contributed by atoms with Gasteiger partial charge in [-0.05, 0) is 31.8 Å². The molecule has 0 aromatic rings. The van der Waals surface area contributed by atoms with E-state index in [1.165, 1.54) is 12.8 Å². The van der Waals surface area contributed by atoms with E-state index in [2.05, 4.69) is 37.0 Å². The molecule has 1 rings (SSSR count). The molecule has 104 valence electrons. The second-order valence-electron chi connectivity index (χ2n) is 5.49. The van der Waals surface area contributed by atoms with Crippen molar-refractivity contribution in [2.45, 2.75) is 53.0 Å². The molecule has 0 aromatic carbocycles. The number of rotatable bonds is 5. The molecule has 0 aliphatic carbocycles. The second kappa shape index (κ2) is 8.55. The number of nitrogens with zero attached hydrogens (tertiary/aromatic N) is 1. The van der Waals surface area contributed by atoms with E-state index in [0.717, 1.165) is 26.1 Å². The fourth-order valence-electron chi connectivity index (χ4n) is 2.18. The molecule has 0 radical (unpaired) electrons. The van der Waals surface area contributed by atoms with E-state index in [1.54, 1.807) is 0 Å². The van der Waals surface area contributed by atoms with Gasteiger partial charge in [-0.25, -0.2) is 0 Å². The fourth-order valence-corrected chi connectivity index (χ4v) is 2.18. The van der Waals surface area contributed by atoms with Crippen molar-refractivity contribution in [2.24, 2.45) is 5.41 Å². The molecule has 1 saturated heterocycles. The number of hydrogen-bond donors (Lipinski definition) is 1. The van der Waals surface area contributed by atoms with Crippen LogP contribution in [-0.2, 0) is 0 Å². The highest BCUT2D eigenvalue weighted by Gasteiger charge is 2.29. The number of hydrogen-bond acceptors (Lipinski definition) is 2. The molecule has 2 nitrogen and oxygen atoms in total. The van der Waals surface area contributed by atoms with Gasteiger partial charge in [0.05, 0.1) is 0 Å². The lowest BCUT2D eigenvalue weighted by atomic mass is 9.90. The van der Waals surface area contributed by atoms with Gasteiger partial charge in [-0.3, -0.25) is 0 Å². The van der Waals surface area contributed by atoms with Crippen LogP contribution in [-0.4, -0.2) is 37.6 Å². The van der Waals surface area contributed by atoms with Crippen LogP contribution in [0.4, 0.5) is 0 Å². The fraction of sp³-hybridized carbons (Fsp3) is 0.867. The van der Waals surface area contributed by atoms with Crippen LogP contribution in [0.15, 0.2) is 0 Å². The Kier molecular flexibility index (Phi) is 8.29. The average molecular weight is 242 g/mol. The molecule has 1 fully saturated rings. The second-order valence-corrected chi connectivity index (χ2v) is 5.49. The van der Waals surface area contributed by atoms with Gasteiger partial charge < -0.3 is 10.2 Å². The number of nitrogens with one attached hydrogen (secondary N) is 1. The van der Waals surface area contributed by atoms with E-state index in [4.69, 9.17) is 6.42 Å². The van der Waals surface area contributed by atoms with E-state index in [0.29, 0.717) is 11.5 Å². The molecule has 0 aromatic heterocycles. The first kappa shape index (κ1) is 16.5. The zero-order valence-corrected chi connectivity index (χ0v) is 12.3. The molecule has 0 amide bonds. The Morgan fingerprint density at radius 2 is 2.06 bits per heavy atom. The Bertz CT molecular complexity index is 237. The van der Waals surface area contributed by atoms with Crippen molar-refractivity contribution in [3.05, 3.63) is 0 Å². The normalized spacial score (nSPS) is 21.8. The van der Waals surface area contributed by atoms with Crippen LogP contribution >= 0.6 is 0 Å². The summed E-state index contributed by atoms with van der Waals surface area (Å²) in [5.74, 6) is 2.68. The van der Waals surface area contributed by atoms with Gasteiger partial charge in [0.15, 0.2) is 0 Å². The van der Waals surface area contributed by atoms with Crippen molar-refractivity contribution in [1.82, 2.24) is 10.2 Å². The monoisotopic (exact) mass is 242 g/mol. The highest BCUT2D eigenvalue weighted by atomic mass is 15.1.